The first kappa shape index (κ1) is 11.0. The minimum Gasteiger partial charge on any atom is -0.457 e. The van der Waals surface area contributed by atoms with Crippen LogP contribution in [0.2, 0.25) is 5.02 Å². The maximum absolute atomic E-state index is 11.3. The molecule has 4 heteroatoms. The molecular formula is C10H11ClO3. The molecule has 0 fully saturated rings. The smallest absolute Gasteiger partial charge is 0.338 e. The van der Waals surface area contributed by atoms with Gasteiger partial charge in [0.15, 0.2) is 0 Å². The molecule has 0 radical (unpaired) electrons. The Morgan fingerprint density at radius 3 is 2.57 bits per heavy atom. The van der Waals surface area contributed by atoms with Gasteiger partial charge in [0, 0.05) is 5.02 Å². The Labute approximate surface area is 87.3 Å². The topological polar surface area (TPSA) is 46.5 Å². The maximum Gasteiger partial charge on any atom is 0.338 e. The molecule has 1 aromatic rings. The zero-order valence-electron chi connectivity index (χ0n) is 7.74. The summed E-state index contributed by atoms with van der Waals surface area (Å²) in [6.07, 6.45) is -0.488. The van der Waals surface area contributed by atoms with Crippen LogP contribution in [0.25, 0.3) is 0 Å². The molecule has 1 aromatic carbocycles. The number of hydrogen-bond acceptors (Lipinski definition) is 3. The van der Waals surface area contributed by atoms with Crippen LogP contribution in [0.1, 0.15) is 17.3 Å². The summed E-state index contributed by atoms with van der Waals surface area (Å²) in [6.45, 7) is 1.44. The summed E-state index contributed by atoms with van der Waals surface area (Å²) < 4.78 is 4.89. The van der Waals surface area contributed by atoms with E-state index in [1.165, 1.54) is 0 Å². The Morgan fingerprint density at radius 2 is 2.07 bits per heavy atom. The van der Waals surface area contributed by atoms with E-state index < -0.39 is 12.1 Å². The minimum absolute atomic E-state index is 0.181. The maximum atomic E-state index is 11.3. The number of carbonyl (C=O) groups is 1. The molecule has 3 nitrogen and oxygen atoms in total. The highest BCUT2D eigenvalue weighted by atomic mass is 35.5. The highest BCUT2D eigenvalue weighted by Gasteiger charge is 2.10. The number of aliphatic hydroxyl groups is 1. The Hall–Kier alpha value is -1.06. The molecule has 1 unspecified atom stereocenters. The molecule has 0 amide bonds. The van der Waals surface area contributed by atoms with Crippen molar-refractivity contribution in [3.8, 4) is 0 Å². The third-order valence-corrected chi connectivity index (χ3v) is 1.90. The second kappa shape index (κ2) is 4.98. The van der Waals surface area contributed by atoms with Gasteiger partial charge in [-0.25, -0.2) is 4.79 Å². The Morgan fingerprint density at radius 1 is 1.50 bits per heavy atom. The first-order valence-corrected chi connectivity index (χ1v) is 4.58. The van der Waals surface area contributed by atoms with Crippen molar-refractivity contribution in [2.24, 2.45) is 0 Å². The lowest BCUT2D eigenvalue weighted by molar-refractivity contribution is 0.0197. The van der Waals surface area contributed by atoms with Gasteiger partial charge in [0.25, 0.3) is 0 Å². The first-order valence-electron chi connectivity index (χ1n) is 4.21. The lowest BCUT2D eigenvalue weighted by Crippen LogP contribution is -2.18. The van der Waals surface area contributed by atoms with E-state index in [4.69, 9.17) is 21.4 Å². The predicted molar refractivity (Wildman–Crippen MR) is 53.4 cm³/mol. The number of benzene rings is 1. The van der Waals surface area contributed by atoms with E-state index in [2.05, 4.69) is 0 Å². The molecule has 0 saturated carbocycles. The lowest BCUT2D eigenvalue weighted by Gasteiger charge is -2.09. The van der Waals surface area contributed by atoms with Gasteiger partial charge in [0.05, 0.1) is 12.2 Å². The van der Waals surface area contributed by atoms with Crippen molar-refractivity contribution < 1.29 is 14.6 Å². The molecule has 0 aliphatic heterocycles. The molecule has 0 saturated heterocycles. The van der Waals surface area contributed by atoms with Crippen LogP contribution in [-0.2, 0) is 4.74 Å². The quantitative estimate of drug-likeness (QED) is 0.782. The van der Waals surface area contributed by atoms with Crippen LogP contribution >= 0.6 is 11.6 Å². The van der Waals surface area contributed by atoms with E-state index in [1.54, 1.807) is 31.2 Å². The van der Waals surface area contributed by atoms with Crippen LogP contribution in [0.15, 0.2) is 24.3 Å². The summed E-state index contributed by atoms with van der Waals surface area (Å²) >= 11 is 5.66. The highest BCUT2D eigenvalue weighted by Crippen LogP contribution is 2.10. The van der Waals surface area contributed by atoms with Gasteiger partial charge in [0.2, 0.25) is 0 Å². The van der Waals surface area contributed by atoms with Gasteiger partial charge in [-0.15, -0.1) is 0 Å². The van der Waals surface area contributed by atoms with Crippen LogP contribution in [-0.4, -0.2) is 23.8 Å². The van der Waals surface area contributed by atoms with Crippen molar-refractivity contribution in [1.29, 1.82) is 0 Å². The fourth-order valence-electron chi connectivity index (χ4n) is 0.874. The molecule has 0 heterocycles. The lowest BCUT2D eigenvalue weighted by atomic mass is 10.2. The predicted octanol–water partition coefficient (Wildman–Crippen LogP) is 1.88. The van der Waals surface area contributed by atoms with Crippen molar-refractivity contribution >= 4 is 17.6 Å². The van der Waals surface area contributed by atoms with Crippen molar-refractivity contribution in [1.82, 2.24) is 0 Å². The molecule has 0 aliphatic carbocycles. The normalized spacial score (nSPS) is 12.2. The van der Waals surface area contributed by atoms with Gasteiger partial charge in [-0.05, 0) is 31.2 Å². The summed E-state index contributed by atoms with van der Waals surface area (Å²) in [7, 11) is 0. The van der Waals surface area contributed by atoms with Crippen LogP contribution in [0.4, 0.5) is 0 Å². The summed E-state index contributed by atoms with van der Waals surface area (Å²) in [5.74, 6) is -0.455. The van der Waals surface area contributed by atoms with Gasteiger partial charge in [-0.3, -0.25) is 0 Å². The van der Waals surface area contributed by atoms with Crippen LogP contribution in [0.3, 0.4) is 0 Å². The van der Waals surface area contributed by atoms with Crippen LogP contribution in [0.5, 0.6) is 0 Å². The molecule has 1 N–H and O–H groups in total. The van der Waals surface area contributed by atoms with Crippen molar-refractivity contribution in [3.63, 3.8) is 0 Å². The zero-order valence-corrected chi connectivity index (χ0v) is 8.49. The van der Waals surface area contributed by atoms with E-state index in [0.717, 1.165) is 0 Å². The van der Waals surface area contributed by atoms with Gasteiger partial charge < -0.3 is 9.84 Å². The summed E-state index contributed by atoms with van der Waals surface area (Å²) in [4.78, 5) is 11.3. The number of aliphatic hydroxyl groups excluding tert-OH is 1. The fourth-order valence-corrected chi connectivity index (χ4v) is 1.000. The van der Waals surface area contributed by atoms with Gasteiger partial charge in [-0.2, -0.15) is 0 Å². The number of carbonyl (C=O) groups excluding carboxylic acids is 1. The third-order valence-electron chi connectivity index (χ3n) is 1.65. The van der Waals surface area contributed by atoms with E-state index in [1.807, 2.05) is 0 Å². The van der Waals surface area contributed by atoms with Gasteiger partial charge in [-0.1, -0.05) is 11.6 Å². The Bertz CT molecular complexity index is 308. The highest BCUT2D eigenvalue weighted by molar-refractivity contribution is 6.30. The van der Waals surface area contributed by atoms with E-state index in [-0.39, 0.29) is 6.61 Å². The minimum atomic E-state index is -0.488. The second-order valence-electron chi connectivity index (χ2n) is 2.91. The second-order valence-corrected chi connectivity index (χ2v) is 3.34. The van der Waals surface area contributed by atoms with E-state index in [9.17, 15) is 4.79 Å². The average Bonchev–Trinajstić information content (AvgIpc) is 2.18. The average molecular weight is 215 g/mol. The molecule has 0 aromatic heterocycles. The largest absolute Gasteiger partial charge is 0.457 e. The summed E-state index contributed by atoms with van der Waals surface area (Å²) in [5.41, 5.74) is 0.426. The van der Waals surface area contributed by atoms with E-state index in [0.29, 0.717) is 10.6 Å². The van der Waals surface area contributed by atoms with Crippen LogP contribution < -0.4 is 0 Å². The number of rotatable bonds is 3. The SMILES string of the molecule is CC(CO)OC(=O)c1ccc(Cl)cc1. The first-order chi connectivity index (χ1) is 6.63. The molecule has 76 valence electrons. The Kier molecular flexibility index (Phi) is 3.92. The monoisotopic (exact) mass is 214 g/mol. The summed E-state index contributed by atoms with van der Waals surface area (Å²) in [5, 5.41) is 9.24. The molecule has 0 bridgehead atoms. The number of ether oxygens (including phenoxy) is 1. The number of halogens is 1. The van der Waals surface area contributed by atoms with E-state index >= 15 is 0 Å². The molecule has 1 atom stereocenters. The summed E-state index contributed by atoms with van der Waals surface area (Å²) in [6, 6.07) is 6.38. The van der Waals surface area contributed by atoms with Gasteiger partial charge >= 0.3 is 5.97 Å². The Balaban J connectivity index is 2.65. The van der Waals surface area contributed by atoms with Crippen molar-refractivity contribution in [3.05, 3.63) is 34.9 Å². The molecular weight excluding hydrogens is 204 g/mol. The molecule has 1 rings (SSSR count). The van der Waals surface area contributed by atoms with Crippen molar-refractivity contribution in [2.45, 2.75) is 13.0 Å². The fraction of sp³-hybridized carbons (Fsp3) is 0.300. The molecule has 0 aliphatic rings. The van der Waals surface area contributed by atoms with Gasteiger partial charge in [0.1, 0.15) is 6.10 Å². The molecule has 0 spiro atoms. The number of hydrogen-bond donors (Lipinski definition) is 1. The zero-order chi connectivity index (χ0) is 10.6. The number of esters is 1. The standard InChI is InChI=1S/C10H11ClO3/c1-7(6-12)14-10(13)8-2-4-9(11)5-3-8/h2-5,7,12H,6H2,1H3. The van der Waals surface area contributed by atoms with Crippen molar-refractivity contribution in [2.75, 3.05) is 6.61 Å². The van der Waals surface area contributed by atoms with Crippen LogP contribution in [0, 0.1) is 0 Å². The third kappa shape index (κ3) is 3.01. The molecule has 14 heavy (non-hydrogen) atoms.